The van der Waals surface area contributed by atoms with E-state index >= 15 is 0 Å². The molecule has 1 aromatic heterocycles. The van der Waals surface area contributed by atoms with Gasteiger partial charge in [-0.15, -0.1) is 0 Å². The molecule has 0 radical (unpaired) electrons. The highest BCUT2D eigenvalue weighted by atomic mass is 16.2. The minimum Gasteiger partial charge on any atom is -0.383 e. The molecule has 1 aromatic rings. The molecule has 5 nitrogen and oxygen atoms in total. The Bertz CT molecular complexity index is 305. The molecule has 0 spiro atoms. The van der Waals surface area contributed by atoms with Crippen LogP contribution in [0.5, 0.6) is 0 Å². The van der Waals surface area contributed by atoms with Crippen LogP contribution in [0, 0.1) is 6.92 Å². The molecule has 72 valence electrons. The molecule has 0 aromatic carbocycles. The summed E-state index contributed by atoms with van der Waals surface area (Å²) in [5.41, 5.74) is 11.6. The molecule has 4 N–H and O–H groups in total. The quantitative estimate of drug-likeness (QED) is 0.696. The molecular formula is C8H14N4O. The minimum atomic E-state index is -0.101. The molecule has 0 fully saturated rings. The van der Waals surface area contributed by atoms with Crippen molar-refractivity contribution in [1.82, 2.24) is 9.78 Å². The van der Waals surface area contributed by atoms with Gasteiger partial charge in [0.15, 0.2) is 0 Å². The van der Waals surface area contributed by atoms with Crippen LogP contribution >= 0.6 is 0 Å². The number of carbonyl (C=O) groups excluding carboxylic acids is 1. The van der Waals surface area contributed by atoms with Crippen LogP contribution in [0.15, 0.2) is 6.07 Å². The highest BCUT2D eigenvalue weighted by Gasteiger charge is 2.09. The predicted octanol–water partition coefficient (Wildman–Crippen LogP) is 0.153. The molecule has 0 atom stereocenters. The summed E-state index contributed by atoms with van der Waals surface area (Å²) in [4.78, 5) is 11.4. The highest BCUT2D eigenvalue weighted by molar-refractivity contribution is 5.80. The average Bonchev–Trinajstić information content (AvgIpc) is 2.41. The van der Waals surface area contributed by atoms with E-state index in [-0.39, 0.29) is 5.91 Å². The molecule has 0 bridgehead atoms. The monoisotopic (exact) mass is 182 g/mol. The van der Waals surface area contributed by atoms with E-state index in [1.807, 2.05) is 0 Å². The number of aromatic nitrogens is 2. The number of nitrogens with zero attached hydrogens (tertiary/aromatic N) is 2. The van der Waals surface area contributed by atoms with Crippen LogP contribution in [0.3, 0.4) is 0 Å². The number of hydrogen-bond acceptors (Lipinski definition) is 4. The Morgan fingerprint density at radius 3 is 2.85 bits per heavy atom. The summed E-state index contributed by atoms with van der Waals surface area (Å²) < 4.78 is 1.23. The number of nitrogens with two attached hydrogens (primary N) is 2. The molecular weight excluding hydrogens is 168 g/mol. The van der Waals surface area contributed by atoms with Gasteiger partial charge in [0, 0.05) is 12.5 Å². The van der Waals surface area contributed by atoms with Crippen molar-refractivity contribution in [3.63, 3.8) is 0 Å². The zero-order chi connectivity index (χ0) is 9.84. The van der Waals surface area contributed by atoms with Crippen LogP contribution in [0.1, 0.15) is 23.3 Å². The fourth-order valence-electron chi connectivity index (χ4n) is 1.08. The molecule has 1 rings (SSSR count). The van der Waals surface area contributed by atoms with Gasteiger partial charge in [-0.1, -0.05) is 0 Å². The Morgan fingerprint density at radius 2 is 2.38 bits per heavy atom. The Kier molecular flexibility index (Phi) is 3.02. The molecule has 0 saturated heterocycles. The number of aryl methyl sites for hydroxylation is 1. The van der Waals surface area contributed by atoms with Crippen LogP contribution in [-0.4, -0.2) is 22.2 Å². The van der Waals surface area contributed by atoms with Gasteiger partial charge in [-0.05, 0) is 19.9 Å². The van der Waals surface area contributed by atoms with E-state index in [9.17, 15) is 4.79 Å². The summed E-state index contributed by atoms with van der Waals surface area (Å²) in [7, 11) is 0. The van der Waals surface area contributed by atoms with Gasteiger partial charge in [-0.3, -0.25) is 4.79 Å². The van der Waals surface area contributed by atoms with E-state index in [1.54, 1.807) is 13.0 Å². The van der Waals surface area contributed by atoms with Gasteiger partial charge in [0.1, 0.15) is 5.82 Å². The van der Waals surface area contributed by atoms with Crippen molar-refractivity contribution < 1.29 is 4.79 Å². The van der Waals surface area contributed by atoms with E-state index in [2.05, 4.69) is 5.10 Å². The molecule has 0 amide bonds. The van der Waals surface area contributed by atoms with Crippen molar-refractivity contribution in [1.29, 1.82) is 0 Å². The molecule has 0 aliphatic carbocycles. The normalized spacial score (nSPS) is 10.3. The van der Waals surface area contributed by atoms with Crippen molar-refractivity contribution in [3.8, 4) is 0 Å². The number of hydrogen-bond donors (Lipinski definition) is 2. The third-order valence-corrected chi connectivity index (χ3v) is 1.69. The van der Waals surface area contributed by atoms with Crippen LogP contribution in [0.4, 0.5) is 5.82 Å². The van der Waals surface area contributed by atoms with Gasteiger partial charge < -0.3 is 11.5 Å². The van der Waals surface area contributed by atoms with Gasteiger partial charge in [0.25, 0.3) is 0 Å². The van der Waals surface area contributed by atoms with Gasteiger partial charge in [0.2, 0.25) is 5.91 Å². The van der Waals surface area contributed by atoms with Gasteiger partial charge >= 0.3 is 0 Å². The minimum absolute atomic E-state index is 0.101. The molecule has 13 heavy (non-hydrogen) atoms. The summed E-state index contributed by atoms with van der Waals surface area (Å²) in [5, 5.41) is 3.96. The lowest BCUT2D eigenvalue weighted by Crippen LogP contribution is -2.16. The number of anilines is 1. The van der Waals surface area contributed by atoms with Crippen LogP contribution in [0.25, 0.3) is 0 Å². The Labute approximate surface area is 76.7 Å². The van der Waals surface area contributed by atoms with Crippen LogP contribution in [0.2, 0.25) is 0 Å². The second-order valence-corrected chi connectivity index (χ2v) is 2.91. The first-order valence-corrected chi connectivity index (χ1v) is 4.20. The lowest BCUT2D eigenvalue weighted by molar-refractivity contribution is 0.0887. The van der Waals surface area contributed by atoms with E-state index < -0.39 is 0 Å². The van der Waals surface area contributed by atoms with Crippen molar-refractivity contribution in [3.05, 3.63) is 11.8 Å². The van der Waals surface area contributed by atoms with Gasteiger partial charge in [0.05, 0.1) is 5.69 Å². The standard InChI is InChI=1S/C8H14N4O/c1-6-5-7(10)12(11-6)8(13)3-2-4-9/h5H,2-4,9-10H2,1H3. The first kappa shape index (κ1) is 9.73. The van der Waals surface area contributed by atoms with E-state index in [0.29, 0.717) is 25.2 Å². The first-order valence-electron chi connectivity index (χ1n) is 4.20. The van der Waals surface area contributed by atoms with Crippen molar-refractivity contribution in [2.75, 3.05) is 12.3 Å². The number of rotatable bonds is 3. The summed E-state index contributed by atoms with van der Waals surface area (Å²) in [5.74, 6) is 0.288. The second kappa shape index (κ2) is 4.04. The predicted molar refractivity (Wildman–Crippen MR) is 50.3 cm³/mol. The number of nitrogen functional groups attached to an aromatic ring is 1. The molecule has 0 aliphatic rings. The maximum Gasteiger partial charge on any atom is 0.248 e. The van der Waals surface area contributed by atoms with Crippen LogP contribution < -0.4 is 11.5 Å². The molecule has 0 saturated carbocycles. The fraction of sp³-hybridized carbons (Fsp3) is 0.500. The third kappa shape index (κ3) is 2.29. The number of carbonyl (C=O) groups is 1. The molecule has 0 aliphatic heterocycles. The van der Waals surface area contributed by atoms with E-state index in [0.717, 1.165) is 5.69 Å². The van der Waals surface area contributed by atoms with Crippen molar-refractivity contribution in [2.45, 2.75) is 19.8 Å². The lowest BCUT2D eigenvalue weighted by atomic mass is 10.3. The lowest BCUT2D eigenvalue weighted by Gasteiger charge is -2.00. The average molecular weight is 182 g/mol. The Hall–Kier alpha value is -1.36. The summed E-state index contributed by atoms with van der Waals surface area (Å²) in [6, 6.07) is 1.67. The van der Waals surface area contributed by atoms with Crippen molar-refractivity contribution >= 4 is 11.7 Å². The first-order chi connectivity index (χ1) is 6.15. The summed E-state index contributed by atoms with van der Waals surface area (Å²) >= 11 is 0. The smallest absolute Gasteiger partial charge is 0.248 e. The Morgan fingerprint density at radius 1 is 1.69 bits per heavy atom. The highest BCUT2D eigenvalue weighted by Crippen LogP contribution is 2.06. The second-order valence-electron chi connectivity index (χ2n) is 2.91. The molecule has 0 unspecified atom stereocenters. The van der Waals surface area contributed by atoms with E-state index in [1.165, 1.54) is 4.68 Å². The molecule has 5 heteroatoms. The van der Waals surface area contributed by atoms with Gasteiger partial charge in [-0.2, -0.15) is 9.78 Å². The Balaban J connectivity index is 2.70. The maximum absolute atomic E-state index is 11.4. The SMILES string of the molecule is Cc1cc(N)n(C(=O)CCCN)n1. The van der Waals surface area contributed by atoms with Crippen molar-refractivity contribution in [2.24, 2.45) is 5.73 Å². The fourth-order valence-corrected chi connectivity index (χ4v) is 1.08. The van der Waals surface area contributed by atoms with Gasteiger partial charge in [-0.25, -0.2) is 0 Å². The summed E-state index contributed by atoms with van der Waals surface area (Å²) in [6.07, 6.45) is 1.05. The zero-order valence-electron chi connectivity index (χ0n) is 7.66. The summed E-state index contributed by atoms with van der Waals surface area (Å²) in [6.45, 7) is 2.30. The van der Waals surface area contributed by atoms with E-state index in [4.69, 9.17) is 11.5 Å². The zero-order valence-corrected chi connectivity index (χ0v) is 7.66. The topological polar surface area (TPSA) is 86.9 Å². The maximum atomic E-state index is 11.4. The molecule has 1 heterocycles. The third-order valence-electron chi connectivity index (χ3n) is 1.69. The largest absolute Gasteiger partial charge is 0.383 e. The van der Waals surface area contributed by atoms with Crippen LogP contribution in [-0.2, 0) is 0 Å².